The summed E-state index contributed by atoms with van der Waals surface area (Å²) < 4.78 is 13.0. The Hall–Kier alpha value is -1.42. The van der Waals surface area contributed by atoms with Gasteiger partial charge >= 0.3 is 0 Å². The summed E-state index contributed by atoms with van der Waals surface area (Å²) in [4.78, 5) is 11.6. The van der Waals surface area contributed by atoms with Gasteiger partial charge in [-0.05, 0) is 62.3 Å². The zero-order chi connectivity index (χ0) is 14.7. The van der Waals surface area contributed by atoms with Crippen molar-refractivity contribution in [2.45, 2.75) is 50.6 Å². The second-order valence-corrected chi connectivity index (χ2v) is 6.27. The molecule has 2 saturated carbocycles. The minimum absolute atomic E-state index is 0.170. The summed E-state index contributed by atoms with van der Waals surface area (Å²) in [5, 5.41) is 6.55. The molecule has 2 aliphatic carbocycles. The second-order valence-electron chi connectivity index (χ2n) is 6.27. The van der Waals surface area contributed by atoms with Gasteiger partial charge in [0.05, 0.1) is 0 Å². The molecule has 2 N–H and O–H groups in total. The van der Waals surface area contributed by atoms with E-state index in [9.17, 15) is 9.18 Å². The van der Waals surface area contributed by atoms with Crippen LogP contribution in [-0.2, 0) is 4.79 Å². The van der Waals surface area contributed by atoms with Crippen molar-refractivity contribution < 1.29 is 9.18 Å². The summed E-state index contributed by atoms with van der Waals surface area (Å²) in [6, 6.07) is 7.53. The molecule has 3 nitrogen and oxygen atoms in total. The molecule has 2 aliphatic rings. The monoisotopic (exact) mass is 290 g/mol. The van der Waals surface area contributed by atoms with Gasteiger partial charge in [0.15, 0.2) is 0 Å². The van der Waals surface area contributed by atoms with Gasteiger partial charge in [0.2, 0.25) is 5.91 Å². The number of halogens is 1. The average Bonchev–Trinajstić information content (AvgIpc) is 3.34. The van der Waals surface area contributed by atoms with E-state index in [0.717, 1.165) is 31.4 Å². The zero-order valence-electron chi connectivity index (χ0n) is 12.3. The summed E-state index contributed by atoms with van der Waals surface area (Å²) in [6.07, 6.45) is 6.18. The number of hydrogen-bond acceptors (Lipinski definition) is 2. The van der Waals surface area contributed by atoms with Crippen LogP contribution in [0, 0.1) is 11.7 Å². The predicted molar refractivity (Wildman–Crippen MR) is 80.3 cm³/mol. The van der Waals surface area contributed by atoms with Crippen LogP contribution in [0.5, 0.6) is 0 Å². The van der Waals surface area contributed by atoms with E-state index in [0.29, 0.717) is 24.4 Å². The molecule has 0 aromatic heterocycles. The lowest BCUT2D eigenvalue weighted by molar-refractivity contribution is -0.121. The molecule has 0 aliphatic heterocycles. The highest BCUT2D eigenvalue weighted by atomic mass is 19.1. The summed E-state index contributed by atoms with van der Waals surface area (Å²) in [5.41, 5.74) is 1.15. The Morgan fingerprint density at radius 1 is 1.19 bits per heavy atom. The smallest absolute Gasteiger partial charge is 0.220 e. The Morgan fingerprint density at radius 3 is 2.52 bits per heavy atom. The molecular weight excluding hydrogens is 267 g/mol. The van der Waals surface area contributed by atoms with Crippen molar-refractivity contribution >= 4 is 5.91 Å². The van der Waals surface area contributed by atoms with Crippen LogP contribution in [0.2, 0.25) is 0 Å². The highest BCUT2D eigenvalue weighted by molar-refractivity contribution is 5.76. The third-order valence-electron chi connectivity index (χ3n) is 4.21. The summed E-state index contributed by atoms with van der Waals surface area (Å²) in [7, 11) is 0. The molecule has 0 heterocycles. The number of hydrogen-bond donors (Lipinski definition) is 2. The number of amides is 1. The van der Waals surface area contributed by atoms with Crippen LogP contribution in [-0.4, -0.2) is 18.5 Å². The number of carbonyl (C=O) groups is 1. The van der Waals surface area contributed by atoms with Crippen molar-refractivity contribution in [3.8, 4) is 0 Å². The third kappa shape index (κ3) is 4.53. The van der Waals surface area contributed by atoms with Crippen molar-refractivity contribution in [1.82, 2.24) is 10.6 Å². The van der Waals surface area contributed by atoms with Crippen LogP contribution >= 0.6 is 0 Å². The Kier molecular flexibility index (Phi) is 4.54. The molecular formula is C17H23FN2O. The average molecular weight is 290 g/mol. The van der Waals surface area contributed by atoms with E-state index in [1.54, 1.807) is 0 Å². The minimum atomic E-state index is -0.190. The second kappa shape index (κ2) is 6.56. The van der Waals surface area contributed by atoms with E-state index in [4.69, 9.17) is 0 Å². The van der Waals surface area contributed by atoms with Crippen LogP contribution < -0.4 is 10.6 Å². The van der Waals surface area contributed by atoms with Gasteiger partial charge in [-0.1, -0.05) is 12.1 Å². The first-order valence-corrected chi connectivity index (χ1v) is 8.00. The van der Waals surface area contributed by atoms with Crippen molar-refractivity contribution in [2.75, 3.05) is 6.54 Å². The largest absolute Gasteiger partial charge is 0.353 e. The molecule has 3 rings (SSSR count). The van der Waals surface area contributed by atoms with Gasteiger partial charge < -0.3 is 10.6 Å². The molecule has 1 aromatic carbocycles. The number of nitrogens with one attached hydrogen (secondary N) is 2. The normalized spacial score (nSPS) is 19.3. The van der Waals surface area contributed by atoms with Crippen molar-refractivity contribution in [3.63, 3.8) is 0 Å². The Bertz CT molecular complexity index is 480. The molecule has 21 heavy (non-hydrogen) atoms. The van der Waals surface area contributed by atoms with Gasteiger partial charge in [-0.15, -0.1) is 0 Å². The Labute approximate surface area is 125 Å². The third-order valence-corrected chi connectivity index (χ3v) is 4.21. The molecule has 0 bridgehead atoms. The summed E-state index contributed by atoms with van der Waals surface area (Å²) >= 11 is 0. The lowest BCUT2D eigenvalue weighted by Gasteiger charge is -2.18. The molecule has 1 amide bonds. The fourth-order valence-electron chi connectivity index (χ4n) is 2.69. The first kappa shape index (κ1) is 14.5. The summed E-state index contributed by atoms with van der Waals surface area (Å²) in [5.74, 6) is 0.643. The van der Waals surface area contributed by atoms with Gasteiger partial charge in [0, 0.05) is 18.5 Å². The maximum Gasteiger partial charge on any atom is 0.220 e. The highest BCUT2D eigenvalue weighted by Crippen LogP contribution is 2.40. The van der Waals surface area contributed by atoms with E-state index in [1.807, 2.05) is 12.1 Å². The van der Waals surface area contributed by atoms with E-state index in [2.05, 4.69) is 10.6 Å². The molecule has 2 fully saturated rings. The number of benzene rings is 1. The quantitative estimate of drug-likeness (QED) is 0.723. The van der Waals surface area contributed by atoms with Crippen LogP contribution in [0.3, 0.4) is 0 Å². The van der Waals surface area contributed by atoms with E-state index >= 15 is 0 Å². The zero-order valence-corrected chi connectivity index (χ0v) is 12.3. The Morgan fingerprint density at radius 2 is 1.90 bits per heavy atom. The molecule has 0 spiro atoms. The Balaban J connectivity index is 1.42. The fourth-order valence-corrected chi connectivity index (χ4v) is 2.69. The predicted octanol–water partition coefficient (Wildman–Crippen LogP) is 2.93. The van der Waals surface area contributed by atoms with Gasteiger partial charge in [-0.25, -0.2) is 4.39 Å². The molecule has 1 aromatic rings. The standard InChI is InChI=1S/C17H23FN2O/c18-14-7-5-13(6-8-14)17(12-3-4-12)19-11-1-2-16(21)20-15-9-10-15/h5-8,12,15,17,19H,1-4,9-11H2,(H,20,21). The molecule has 4 heteroatoms. The van der Waals surface area contributed by atoms with E-state index in [-0.39, 0.29) is 11.7 Å². The fraction of sp³-hybridized carbons (Fsp3) is 0.588. The van der Waals surface area contributed by atoms with Gasteiger partial charge in [-0.3, -0.25) is 4.79 Å². The van der Waals surface area contributed by atoms with Crippen molar-refractivity contribution in [2.24, 2.45) is 5.92 Å². The maximum absolute atomic E-state index is 13.0. The molecule has 1 atom stereocenters. The van der Waals surface area contributed by atoms with Crippen molar-refractivity contribution in [3.05, 3.63) is 35.6 Å². The molecule has 1 unspecified atom stereocenters. The van der Waals surface area contributed by atoms with E-state index < -0.39 is 0 Å². The van der Waals surface area contributed by atoms with Crippen molar-refractivity contribution in [1.29, 1.82) is 0 Å². The minimum Gasteiger partial charge on any atom is -0.353 e. The SMILES string of the molecule is O=C(CCCNC(c1ccc(F)cc1)C1CC1)NC1CC1. The highest BCUT2D eigenvalue weighted by Gasteiger charge is 2.31. The first-order chi connectivity index (χ1) is 10.2. The molecule has 0 saturated heterocycles. The lowest BCUT2D eigenvalue weighted by Crippen LogP contribution is -2.28. The maximum atomic E-state index is 13.0. The van der Waals surface area contributed by atoms with Crippen LogP contribution in [0.4, 0.5) is 4.39 Å². The first-order valence-electron chi connectivity index (χ1n) is 8.00. The van der Waals surface area contributed by atoms with Gasteiger partial charge in [0.1, 0.15) is 5.82 Å². The number of rotatable bonds is 8. The topological polar surface area (TPSA) is 41.1 Å². The lowest BCUT2D eigenvalue weighted by atomic mass is 10.0. The van der Waals surface area contributed by atoms with Crippen LogP contribution in [0.15, 0.2) is 24.3 Å². The van der Waals surface area contributed by atoms with Crippen LogP contribution in [0.25, 0.3) is 0 Å². The van der Waals surface area contributed by atoms with Gasteiger partial charge in [-0.2, -0.15) is 0 Å². The van der Waals surface area contributed by atoms with Crippen LogP contribution in [0.1, 0.15) is 50.1 Å². The van der Waals surface area contributed by atoms with Gasteiger partial charge in [0.25, 0.3) is 0 Å². The van der Waals surface area contributed by atoms with E-state index in [1.165, 1.54) is 25.0 Å². The molecule has 114 valence electrons. The molecule has 0 radical (unpaired) electrons. The summed E-state index contributed by atoms with van der Waals surface area (Å²) in [6.45, 7) is 0.830. The number of carbonyl (C=O) groups excluding carboxylic acids is 1.